The van der Waals surface area contributed by atoms with Gasteiger partial charge < -0.3 is 9.42 Å². The number of hydrogen-bond donors (Lipinski definition) is 0. The van der Waals surface area contributed by atoms with E-state index in [2.05, 4.69) is 16.2 Å². The van der Waals surface area contributed by atoms with E-state index >= 15 is 0 Å². The van der Waals surface area contributed by atoms with E-state index in [9.17, 15) is 4.79 Å². The number of rotatable bonds is 5. The van der Waals surface area contributed by atoms with E-state index in [1.807, 2.05) is 36.4 Å². The van der Waals surface area contributed by atoms with Crippen LogP contribution in [0.5, 0.6) is 0 Å². The van der Waals surface area contributed by atoms with Crippen molar-refractivity contribution in [2.24, 2.45) is 0 Å². The van der Waals surface area contributed by atoms with Gasteiger partial charge in [0.1, 0.15) is 6.54 Å². The van der Waals surface area contributed by atoms with E-state index in [0.717, 1.165) is 5.56 Å². The normalized spacial score (nSPS) is 10.2. The minimum atomic E-state index is -0.215. The molecule has 124 valence electrons. The van der Waals surface area contributed by atoms with Crippen LogP contribution in [0.25, 0.3) is 11.4 Å². The Hall–Kier alpha value is -3.46. The molecule has 1 aromatic heterocycles. The summed E-state index contributed by atoms with van der Waals surface area (Å²) in [6.45, 7) is 2.10. The number of benzene rings is 2. The average Bonchev–Trinajstić information content (AvgIpc) is 3.08. The quantitative estimate of drug-likeness (QED) is 0.670. The predicted octanol–water partition coefficient (Wildman–Crippen LogP) is 3.21. The Morgan fingerprint density at radius 2 is 2.00 bits per heavy atom. The van der Waals surface area contributed by atoms with Crippen LogP contribution >= 0.6 is 0 Å². The summed E-state index contributed by atoms with van der Waals surface area (Å²) in [5.74, 6) is 0.677. The lowest BCUT2D eigenvalue weighted by atomic mass is 10.1. The minimum Gasteiger partial charge on any atom is -0.339 e. The lowest BCUT2D eigenvalue weighted by molar-refractivity contribution is 0.0765. The smallest absolute Gasteiger partial charge is 0.255 e. The second-order valence-electron chi connectivity index (χ2n) is 5.52. The van der Waals surface area contributed by atoms with Crippen molar-refractivity contribution in [3.05, 3.63) is 71.6 Å². The SMILES string of the molecule is Cc1nc(-c2cccc(C(=O)N(CC#N)Cc3ccccc3)c2)no1. The Morgan fingerprint density at radius 1 is 1.20 bits per heavy atom. The second-order valence-corrected chi connectivity index (χ2v) is 5.52. The lowest BCUT2D eigenvalue weighted by Crippen LogP contribution is -2.30. The Labute approximate surface area is 145 Å². The van der Waals surface area contributed by atoms with Crippen molar-refractivity contribution < 1.29 is 9.32 Å². The Balaban J connectivity index is 1.86. The standard InChI is InChI=1S/C19H16N4O2/c1-14-21-18(22-25-14)16-8-5-9-17(12-16)19(24)23(11-10-20)13-15-6-3-2-4-7-15/h2-9,12H,11,13H2,1H3. The number of nitriles is 1. The largest absolute Gasteiger partial charge is 0.339 e. The highest BCUT2D eigenvalue weighted by molar-refractivity contribution is 5.95. The number of amides is 1. The number of carbonyl (C=O) groups is 1. The van der Waals surface area contributed by atoms with Crippen LogP contribution in [0.15, 0.2) is 59.1 Å². The lowest BCUT2D eigenvalue weighted by Gasteiger charge is -2.20. The Morgan fingerprint density at radius 3 is 2.68 bits per heavy atom. The van der Waals surface area contributed by atoms with Crippen LogP contribution in [-0.4, -0.2) is 27.5 Å². The van der Waals surface area contributed by atoms with Crippen LogP contribution < -0.4 is 0 Å². The van der Waals surface area contributed by atoms with Gasteiger partial charge in [0, 0.05) is 24.6 Å². The number of carbonyl (C=O) groups excluding carboxylic acids is 1. The van der Waals surface area contributed by atoms with Crippen molar-refractivity contribution in [2.75, 3.05) is 6.54 Å². The molecule has 0 fully saturated rings. The van der Waals surface area contributed by atoms with Crippen LogP contribution in [0.2, 0.25) is 0 Å². The van der Waals surface area contributed by atoms with Crippen molar-refractivity contribution in [3.8, 4) is 17.5 Å². The minimum absolute atomic E-state index is 0.0132. The van der Waals surface area contributed by atoms with E-state index < -0.39 is 0 Å². The van der Waals surface area contributed by atoms with Crippen LogP contribution in [-0.2, 0) is 6.54 Å². The van der Waals surface area contributed by atoms with E-state index in [-0.39, 0.29) is 12.5 Å². The second kappa shape index (κ2) is 7.41. The molecule has 1 amide bonds. The molecular formula is C19H16N4O2. The van der Waals surface area contributed by atoms with Gasteiger partial charge in [0.15, 0.2) is 0 Å². The van der Waals surface area contributed by atoms with E-state index in [1.54, 1.807) is 25.1 Å². The third kappa shape index (κ3) is 3.90. The maximum atomic E-state index is 12.8. The van der Waals surface area contributed by atoms with Gasteiger partial charge in [0.2, 0.25) is 11.7 Å². The molecule has 6 heteroatoms. The van der Waals surface area contributed by atoms with Gasteiger partial charge in [-0.1, -0.05) is 47.6 Å². The highest BCUT2D eigenvalue weighted by atomic mass is 16.5. The number of nitrogens with zero attached hydrogens (tertiary/aromatic N) is 4. The highest BCUT2D eigenvalue weighted by Crippen LogP contribution is 2.19. The first kappa shape index (κ1) is 16.4. The number of hydrogen-bond acceptors (Lipinski definition) is 5. The zero-order chi connectivity index (χ0) is 17.6. The summed E-state index contributed by atoms with van der Waals surface area (Å²) < 4.78 is 4.98. The highest BCUT2D eigenvalue weighted by Gasteiger charge is 2.17. The summed E-state index contributed by atoms with van der Waals surface area (Å²) in [6.07, 6.45) is 0. The maximum Gasteiger partial charge on any atom is 0.255 e. The van der Waals surface area contributed by atoms with Crippen molar-refractivity contribution in [2.45, 2.75) is 13.5 Å². The van der Waals surface area contributed by atoms with Crippen molar-refractivity contribution in [1.29, 1.82) is 5.26 Å². The van der Waals surface area contributed by atoms with Crippen LogP contribution in [0.3, 0.4) is 0 Å². The van der Waals surface area contributed by atoms with Gasteiger partial charge in [-0.2, -0.15) is 10.2 Å². The molecule has 0 N–H and O–H groups in total. The molecule has 0 aliphatic carbocycles. The van der Waals surface area contributed by atoms with Crippen LogP contribution in [0.4, 0.5) is 0 Å². The van der Waals surface area contributed by atoms with Gasteiger partial charge in [-0.25, -0.2) is 0 Å². The first-order valence-corrected chi connectivity index (χ1v) is 7.78. The topological polar surface area (TPSA) is 83.0 Å². The van der Waals surface area contributed by atoms with Crippen molar-refractivity contribution >= 4 is 5.91 Å². The van der Waals surface area contributed by atoms with E-state index in [0.29, 0.717) is 29.4 Å². The van der Waals surface area contributed by atoms with Crippen molar-refractivity contribution in [3.63, 3.8) is 0 Å². The van der Waals surface area contributed by atoms with Crippen LogP contribution in [0, 0.1) is 18.3 Å². The molecule has 6 nitrogen and oxygen atoms in total. The molecule has 0 spiro atoms. The molecule has 25 heavy (non-hydrogen) atoms. The van der Waals surface area contributed by atoms with E-state index in [1.165, 1.54) is 4.90 Å². The monoisotopic (exact) mass is 332 g/mol. The third-order valence-electron chi connectivity index (χ3n) is 3.66. The summed E-state index contributed by atoms with van der Waals surface area (Å²) in [5, 5.41) is 12.9. The number of aromatic nitrogens is 2. The number of aryl methyl sites for hydroxylation is 1. The third-order valence-corrected chi connectivity index (χ3v) is 3.66. The molecule has 0 radical (unpaired) electrons. The Kier molecular flexibility index (Phi) is 4.86. The maximum absolute atomic E-state index is 12.8. The molecule has 1 heterocycles. The molecule has 0 unspecified atom stereocenters. The van der Waals surface area contributed by atoms with Gasteiger partial charge in [-0.05, 0) is 17.7 Å². The average molecular weight is 332 g/mol. The van der Waals surface area contributed by atoms with Gasteiger partial charge in [0.25, 0.3) is 5.91 Å². The van der Waals surface area contributed by atoms with Crippen molar-refractivity contribution in [1.82, 2.24) is 15.0 Å². The first-order chi connectivity index (χ1) is 12.2. The molecule has 0 saturated carbocycles. The van der Waals surface area contributed by atoms with Gasteiger partial charge in [-0.15, -0.1) is 0 Å². The fraction of sp³-hybridized carbons (Fsp3) is 0.158. The molecular weight excluding hydrogens is 316 g/mol. The summed E-state index contributed by atoms with van der Waals surface area (Å²) in [5.41, 5.74) is 2.14. The Bertz CT molecular complexity index is 912. The zero-order valence-electron chi connectivity index (χ0n) is 13.7. The molecule has 3 rings (SSSR count). The van der Waals surface area contributed by atoms with Gasteiger partial charge in [-0.3, -0.25) is 4.79 Å². The molecule has 2 aromatic carbocycles. The predicted molar refractivity (Wildman–Crippen MR) is 91.3 cm³/mol. The first-order valence-electron chi connectivity index (χ1n) is 7.78. The fourth-order valence-electron chi connectivity index (χ4n) is 2.48. The van der Waals surface area contributed by atoms with Gasteiger partial charge in [0.05, 0.1) is 6.07 Å². The molecule has 0 saturated heterocycles. The zero-order valence-corrected chi connectivity index (χ0v) is 13.7. The molecule has 0 aliphatic heterocycles. The fourth-order valence-corrected chi connectivity index (χ4v) is 2.48. The molecule has 0 atom stereocenters. The summed E-state index contributed by atoms with van der Waals surface area (Å²) in [7, 11) is 0. The summed E-state index contributed by atoms with van der Waals surface area (Å²) >= 11 is 0. The molecule has 0 bridgehead atoms. The summed E-state index contributed by atoms with van der Waals surface area (Å²) in [4.78, 5) is 18.5. The molecule has 0 aliphatic rings. The van der Waals surface area contributed by atoms with Crippen LogP contribution in [0.1, 0.15) is 21.8 Å². The summed E-state index contributed by atoms with van der Waals surface area (Å²) in [6, 6.07) is 18.6. The van der Waals surface area contributed by atoms with E-state index in [4.69, 9.17) is 9.78 Å². The van der Waals surface area contributed by atoms with Gasteiger partial charge >= 0.3 is 0 Å². The molecule has 3 aromatic rings.